The summed E-state index contributed by atoms with van der Waals surface area (Å²) in [6.07, 6.45) is 19.6. The fourth-order valence-electron chi connectivity index (χ4n) is 6.72. The average Bonchev–Trinajstić information content (AvgIpc) is 3.01. The van der Waals surface area contributed by atoms with E-state index in [4.69, 9.17) is 4.74 Å². The standard InChI is InChI=1S/C37H47F5O/c1-3-5-6-27-7-9-28(10-8-27)11-12-29-13-15-30(16-14-29)17-19-31-20-21-32(36(40)35(31)39)24-37(41,42)25-43-34-22-18-26(4-2)23-33(34)38/h3,11-12,18,20-23,27-30H,1,4-10,13-17,19,24-25H2,2H3. The molecule has 0 atom stereocenters. The largest absolute Gasteiger partial charge is 0.484 e. The molecule has 2 saturated carbocycles. The van der Waals surface area contributed by atoms with Crippen LogP contribution in [0.3, 0.4) is 0 Å². The Bertz CT molecular complexity index is 1210. The van der Waals surface area contributed by atoms with Crippen molar-refractivity contribution in [3.8, 4) is 5.75 Å². The lowest BCUT2D eigenvalue weighted by molar-refractivity contribution is -0.0415. The monoisotopic (exact) mass is 602 g/mol. The Balaban J connectivity index is 1.20. The molecule has 1 nitrogen and oxygen atoms in total. The van der Waals surface area contributed by atoms with E-state index in [9.17, 15) is 22.0 Å². The third-order valence-corrected chi connectivity index (χ3v) is 9.57. The smallest absolute Gasteiger partial charge is 0.285 e. The summed E-state index contributed by atoms with van der Waals surface area (Å²) in [6, 6.07) is 6.82. The molecule has 0 unspecified atom stereocenters. The van der Waals surface area contributed by atoms with Gasteiger partial charge in [0.15, 0.2) is 29.8 Å². The van der Waals surface area contributed by atoms with Crippen molar-refractivity contribution in [1.82, 2.24) is 0 Å². The molecule has 0 heterocycles. The van der Waals surface area contributed by atoms with Gasteiger partial charge in [-0.1, -0.05) is 43.4 Å². The predicted molar refractivity (Wildman–Crippen MR) is 164 cm³/mol. The Hall–Kier alpha value is -2.63. The van der Waals surface area contributed by atoms with Gasteiger partial charge >= 0.3 is 0 Å². The van der Waals surface area contributed by atoms with Gasteiger partial charge in [-0.15, -0.1) is 6.58 Å². The third-order valence-electron chi connectivity index (χ3n) is 9.57. The molecule has 236 valence electrons. The highest BCUT2D eigenvalue weighted by molar-refractivity contribution is 5.30. The number of aryl methyl sites for hydroxylation is 2. The predicted octanol–water partition coefficient (Wildman–Crippen LogP) is 11.0. The van der Waals surface area contributed by atoms with Crippen LogP contribution in [0, 0.1) is 41.1 Å². The Labute approximate surface area is 254 Å². The summed E-state index contributed by atoms with van der Waals surface area (Å²) < 4.78 is 77.9. The maximum atomic E-state index is 14.9. The number of alkyl halides is 2. The molecule has 43 heavy (non-hydrogen) atoms. The molecular formula is C37H47F5O. The van der Waals surface area contributed by atoms with E-state index in [2.05, 4.69) is 18.7 Å². The summed E-state index contributed by atoms with van der Waals surface area (Å²) in [7, 11) is 0. The Morgan fingerprint density at radius 3 is 1.98 bits per heavy atom. The minimum atomic E-state index is -3.50. The first kappa shape index (κ1) is 33.3. The van der Waals surface area contributed by atoms with Crippen LogP contribution in [0.25, 0.3) is 0 Å². The second-order valence-electron chi connectivity index (χ2n) is 12.8. The van der Waals surface area contributed by atoms with Crippen molar-refractivity contribution in [3.63, 3.8) is 0 Å². The fourth-order valence-corrected chi connectivity index (χ4v) is 6.72. The molecule has 6 heteroatoms. The van der Waals surface area contributed by atoms with Crippen LogP contribution in [0.2, 0.25) is 0 Å². The topological polar surface area (TPSA) is 9.23 Å². The number of benzene rings is 2. The molecule has 2 aromatic rings. The summed E-state index contributed by atoms with van der Waals surface area (Å²) in [4.78, 5) is 0. The highest BCUT2D eigenvalue weighted by atomic mass is 19.3. The van der Waals surface area contributed by atoms with E-state index in [1.165, 1.54) is 56.4 Å². The lowest BCUT2D eigenvalue weighted by Gasteiger charge is -2.29. The van der Waals surface area contributed by atoms with E-state index in [1.807, 2.05) is 13.0 Å². The average molecular weight is 603 g/mol. The summed E-state index contributed by atoms with van der Waals surface area (Å²) in [5, 5.41) is 0. The second kappa shape index (κ2) is 15.9. The van der Waals surface area contributed by atoms with Crippen molar-refractivity contribution < 1.29 is 26.7 Å². The van der Waals surface area contributed by atoms with Crippen molar-refractivity contribution in [2.45, 2.75) is 103 Å². The molecule has 0 aliphatic heterocycles. The van der Waals surface area contributed by atoms with Crippen LogP contribution in [-0.4, -0.2) is 12.5 Å². The first-order chi connectivity index (χ1) is 20.7. The molecule has 2 aliphatic rings. The summed E-state index contributed by atoms with van der Waals surface area (Å²) in [5.74, 6) is -4.19. The molecule has 2 aliphatic carbocycles. The van der Waals surface area contributed by atoms with E-state index in [-0.39, 0.29) is 11.3 Å². The van der Waals surface area contributed by atoms with Gasteiger partial charge in [0.1, 0.15) is 0 Å². The number of ether oxygens (including phenoxy) is 1. The van der Waals surface area contributed by atoms with E-state index in [0.717, 1.165) is 50.0 Å². The first-order valence-electron chi connectivity index (χ1n) is 16.2. The molecular weight excluding hydrogens is 555 g/mol. The van der Waals surface area contributed by atoms with Crippen LogP contribution in [0.1, 0.15) is 94.2 Å². The molecule has 0 amide bonds. The van der Waals surface area contributed by atoms with Crippen LogP contribution in [0.4, 0.5) is 22.0 Å². The first-order valence-corrected chi connectivity index (χ1v) is 16.2. The minimum Gasteiger partial charge on any atom is -0.484 e. The maximum absolute atomic E-state index is 14.9. The van der Waals surface area contributed by atoms with Crippen molar-refractivity contribution in [2.75, 3.05) is 6.61 Å². The van der Waals surface area contributed by atoms with Crippen LogP contribution < -0.4 is 4.74 Å². The molecule has 4 rings (SSSR count). The molecule has 2 aromatic carbocycles. The zero-order chi connectivity index (χ0) is 30.8. The van der Waals surface area contributed by atoms with Gasteiger partial charge in [0, 0.05) is 6.42 Å². The molecule has 0 spiro atoms. The fraction of sp³-hybridized carbons (Fsp3) is 0.568. The van der Waals surface area contributed by atoms with Gasteiger partial charge in [-0.2, -0.15) is 0 Å². The number of rotatable bonds is 14. The Morgan fingerprint density at radius 1 is 0.814 bits per heavy atom. The van der Waals surface area contributed by atoms with Gasteiger partial charge in [0.2, 0.25) is 0 Å². The summed E-state index contributed by atoms with van der Waals surface area (Å²) >= 11 is 0. The molecule has 0 radical (unpaired) electrons. The maximum Gasteiger partial charge on any atom is 0.285 e. The number of halogens is 5. The molecule has 0 N–H and O–H groups in total. The normalized spacial score (nSPS) is 23.0. The van der Waals surface area contributed by atoms with Gasteiger partial charge in [-0.25, -0.2) is 22.0 Å². The van der Waals surface area contributed by atoms with Crippen molar-refractivity contribution in [1.29, 1.82) is 0 Å². The number of hydrogen-bond donors (Lipinski definition) is 0. The van der Waals surface area contributed by atoms with E-state index >= 15 is 0 Å². The Morgan fingerprint density at radius 2 is 1.40 bits per heavy atom. The van der Waals surface area contributed by atoms with E-state index in [0.29, 0.717) is 30.6 Å². The molecule has 2 fully saturated rings. The van der Waals surface area contributed by atoms with Crippen LogP contribution >= 0.6 is 0 Å². The lowest BCUT2D eigenvalue weighted by atomic mass is 9.77. The van der Waals surface area contributed by atoms with Gasteiger partial charge in [-0.05, 0) is 136 Å². The van der Waals surface area contributed by atoms with Crippen molar-refractivity contribution >= 4 is 0 Å². The zero-order valence-corrected chi connectivity index (χ0v) is 25.5. The summed E-state index contributed by atoms with van der Waals surface area (Å²) in [6.45, 7) is 4.56. The van der Waals surface area contributed by atoms with Crippen LogP contribution in [0.5, 0.6) is 5.75 Å². The van der Waals surface area contributed by atoms with Gasteiger partial charge < -0.3 is 4.74 Å². The van der Waals surface area contributed by atoms with E-state index < -0.39 is 42.0 Å². The molecule has 0 saturated heterocycles. The highest BCUT2D eigenvalue weighted by Gasteiger charge is 2.33. The minimum absolute atomic E-state index is 0.226. The van der Waals surface area contributed by atoms with Gasteiger partial charge in [-0.3, -0.25) is 0 Å². The van der Waals surface area contributed by atoms with Crippen LogP contribution in [0.15, 0.2) is 55.1 Å². The highest BCUT2D eigenvalue weighted by Crippen LogP contribution is 2.36. The second-order valence-corrected chi connectivity index (χ2v) is 12.8. The lowest BCUT2D eigenvalue weighted by Crippen LogP contribution is -2.29. The third kappa shape index (κ3) is 9.94. The summed E-state index contributed by atoms with van der Waals surface area (Å²) in [5.41, 5.74) is 0.538. The van der Waals surface area contributed by atoms with Crippen molar-refractivity contribution in [3.05, 3.63) is 89.3 Å². The van der Waals surface area contributed by atoms with Gasteiger partial charge in [0.05, 0.1) is 0 Å². The zero-order valence-electron chi connectivity index (χ0n) is 25.5. The van der Waals surface area contributed by atoms with Crippen LogP contribution in [-0.2, 0) is 19.3 Å². The Kier molecular flexibility index (Phi) is 12.3. The number of allylic oxidation sites excluding steroid dienone is 3. The quantitative estimate of drug-likeness (QED) is 0.154. The van der Waals surface area contributed by atoms with E-state index in [1.54, 1.807) is 6.07 Å². The van der Waals surface area contributed by atoms with Gasteiger partial charge in [0.25, 0.3) is 5.92 Å². The molecule has 0 bridgehead atoms. The molecule has 0 aromatic heterocycles. The SMILES string of the molecule is C=CCCC1CCC(C=CC2CCC(CCc3ccc(CC(F)(F)COc4ccc(CC)cc4F)c(F)c3F)CC2)CC1. The van der Waals surface area contributed by atoms with Crippen molar-refractivity contribution in [2.24, 2.45) is 23.7 Å². The number of hydrogen-bond acceptors (Lipinski definition) is 1.